The molecule has 1 aliphatic rings. The average Bonchev–Trinajstić information content (AvgIpc) is 2.66. The maximum atomic E-state index is 13.0. The highest BCUT2D eigenvalue weighted by Crippen LogP contribution is 2.32. The number of benzene rings is 1. The molecule has 2 rings (SSSR count). The SMILES string of the molecule is CCCC1(Br)N=NC(Oc2ccc(F)c(Cl)c2)=N1. The highest BCUT2D eigenvalue weighted by molar-refractivity contribution is 9.10. The van der Waals surface area contributed by atoms with Crippen molar-refractivity contribution in [3.8, 4) is 5.75 Å². The van der Waals surface area contributed by atoms with Crippen LogP contribution in [0.15, 0.2) is 33.4 Å². The Labute approximate surface area is 117 Å². The maximum absolute atomic E-state index is 13.0. The van der Waals surface area contributed by atoms with Crippen LogP contribution in [0.2, 0.25) is 5.02 Å². The van der Waals surface area contributed by atoms with Gasteiger partial charge in [-0.15, -0.1) is 5.11 Å². The summed E-state index contributed by atoms with van der Waals surface area (Å²) in [6, 6.07) is 4.16. The second-order valence-electron chi connectivity index (χ2n) is 3.74. The van der Waals surface area contributed by atoms with Crippen molar-refractivity contribution in [3.05, 3.63) is 29.0 Å². The smallest absolute Gasteiger partial charge is 0.339 e. The van der Waals surface area contributed by atoms with Crippen LogP contribution >= 0.6 is 27.5 Å². The van der Waals surface area contributed by atoms with Crippen molar-refractivity contribution in [2.24, 2.45) is 15.2 Å². The Morgan fingerprint density at radius 2 is 2.28 bits per heavy atom. The molecule has 0 spiro atoms. The lowest BCUT2D eigenvalue weighted by molar-refractivity contribution is 0.532. The van der Waals surface area contributed by atoms with Gasteiger partial charge in [0.05, 0.1) is 5.02 Å². The minimum absolute atomic E-state index is 0.0123. The topological polar surface area (TPSA) is 46.3 Å². The molecule has 1 atom stereocenters. The van der Waals surface area contributed by atoms with Crippen LogP contribution in [0.1, 0.15) is 19.8 Å². The summed E-state index contributed by atoms with van der Waals surface area (Å²) in [5.41, 5.74) is 0. The molecule has 0 fully saturated rings. The van der Waals surface area contributed by atoms with Gasteiger partial charge in [-0.05, 0) is 28.1 Å². The van der Waals surface area contributed by atoms with Crippen LogP contribution in [0.3, 0.4) is 0 Å². The van der Waals surface area contributed by atoms with Crippen LogP contribution in [-0.2, 0) is 0 Å². The molecule has 0 aliphatic carbocycles. The van der Waals surface area contributed by atoms with Gasteiger partial charge in [-0.1, -0.05) is 30.1 Å². The Morgan fingerprint density at radius 3 is 2.94 bits per heavy atom. The van der Waals surface area contributed by atoms with Crippen LogP contribution < -0.4 is 4.74 Å². The minimum Gasteiger partial charge on any atom is -0.423 e. The third-order valence-corrected chi connectivity index (χ3v) is 3.25. The number of rotatable bonds is 3. The molecule has 0 amide bonds. The van der Waals surface area contributed by atoms with E-state index in [2.05, 4.69) is 31.2 Å². The monoisotopic (exact) mass is 333 g/mol. The summed E-state index contributed by atoms with van der Waals surface area (Å²) in [7, 11) is 0. The van der Waals surface area contributed by atoms with Gasteiger partial charge in [-0.2, -0.15) is 4.99 Å². The van der Waals surface area contributed by atoms with Gasteiger partial charge >= 0.3 is 6.02 Å². The lowest BCUT2D eigenvalue weighted by atomic mass is 10.3. The van der Waals surface area contributed by atoms with Crippen molar-refractivity contribution in [2.45, 2.75) is 24.3 Å². The molecule has 0 radical (unpaired) electrons. The Kier molecular flexibility index (Phi) is 3.97. The molecular weight excluding hydrogens is 324 g/mol. The zero-order chi connectivity index (χ0) is 13.2. The Balaban J connectivity index is 2.11. The quantitative estimate of drug-likeness (QED) is 0.592. The van der Waals surface area contributed by atoms with Crippen LogP contribution in [0, 0.1) is 5.82 Å². The van der Waals surface area contributed by atoms with E-state index in [0.717, 1.165) is 6.42 Å². The molecule has 7 heteroatoms. The van der Waals surface area contributed by atoms with Crippen LogP contribution in [-0.4, -0.2) is 10.6 Å². The number of hydrogen-bond acceptors (Lipinski definition) is 4. The molecule has 1 aromatic rings. The highest BCUT2D eigenvalue weighted by atomic mass is 79.9. The zero-order valence-corrected chi connectivity index (χ0v) is 11.9. The van der Waals surface area contributed by atoms with E-state index in [1.807, 2.05) is 6.92 Å². The summed E-state index contributed by atoms with van der Waals surface area (Å²) in [5, 5.41) is 7.79. The number of alkyl halides is 1. The Hall–Kier alpha value is -1.01. The average molecular weight is 335 g/mol. The molecule has 1 unspecified atom stereocenters. The van der Waals surface area contributed by atoms with E-state index in [0.29, 0.717) is 12.2 Å². The third-order valence-electron chi connectivity index (χ3n) is 2.22. The second kappa shape index (κ2) is 5.32. The molecule has 4 nitrogen and oxygen atoms in total. The van der Waals surface area contributed by atoms with Crippen molar-refractivity contribution in [2.75, 3.05) is 0 Å². The number of azo groups is 1. The molecule has 1 aliphatic heterocycles. The van der Waals surface area contributed by atoms with Crippen molar-refractivity contribution < 1.29 is 9.13 Å². The molecule has 0 aromatic heterocycles. The van der Waals surface area contributed by atoms with E-state index in [1.165, 1.54) is 18.2 Å². The van der Waals surface area contributed by atoms with Gasteiger partial charge in [0.25, 0.3) is 0 Å². The summed E-state index contributed by atoms with van der Waals surface area (Å²) in [6.45, 7) is 2.02. The fourth-order valence-corrected chi connectivity index (χ4v) is 2.22. The predicted octanol–water partition coefficient (Wildman–Crippen LogP) is 4.53. The minimum atomic E-state index is -0.735. The summed E-state index contributed by atoms with van der Waals surface area (Å²) in [5.74, 6) is -0.132. The highest BCUT2D eigenvalue weighted by Gasteiger charge is 2.30. The van der Waals surface area contributed by atoms with Crippen LogP contribution in [0.4, 0.5) is 4.39 Å². The molecule has 0 N–H and O–H groups in total. The molecule has 0 saturated carbocycles. The first-order valence-electron chi connectivity index (χ1n) is 5.37. The van der Waals surface area contributed by atoms with Gasteiger partial charge in [0.15, 0.2) is 0 Å². The van der Waals surface area contributed by atoms with E-state index in [-0.39, 0.29) is 11.0 Å². The zero-order valence-electron chi connectivity index (χ0n) is 9.53. The maximum Gasteiger partial charge on any atom is 0.339 e. The van der Waals surface area contributed by atoms with Crippen LogP contribution in [0.25, 0.3) is 0 Å². The lowest BCUT2D eigenvalue weighted by Crippen LogP contribution is -2.12. The van der Waals surface area contributed by atoms with E-state index < -0.39 is 10.4 Å². The number of hydrogen-bond donors (Lipinski definition) is 0. The fourth-order valence-electron chi connectivity index (χ4n) is 1.42. The molecular formula is C11H10BrClFN3O. The van der Waals surface area contributed by atoms with E-state index in [1.54, 1.807) is 0 Å². The predicted molar refractivity (Wildman–Crippen MR) is 70.9 cm³/mol. The molecule has 1 heterocycles. The first kappa shape index (κ1) is 13.4. The third kappa shape index (κ3) is 3.05. The molecule has 0 saturated heterocycles. The molecule has 18 heavy (non-hydrogen) atoms. The molecule has 96 valence electrons. The normalized spacial score (nSPS) is 22.1. The van der Waals surface area contributed by atoms with E-state index >= 15 is 0 Å². The van der Waals surface area contributed by atoms with Gasteiger partial charge in [-0.25, -0.2) is 4.39 Å². The summed E-state index contributed by atoms with van der Waals surface area (Å²) >= 11 is 9.02. The van der Waals surface area contributed by atoms with Gasteiger partial charge in [0, 0.05) is 12.5 Å². The fraction of sp³-hybridized carbons (Fsp3) is 0.364. The number of ether oxygens (including phenoxy) is 1. The first-order valence-corrected chi connectivity index (χ1v) is 6.54. The molecule has 1 aromatic carbocycles. The summed E-state index contributed by atoms with van der Waals surface area (Å²) in [6.07, 6.45) is 1.62. The standard InChI is InChI=1S/C11H10BrClFN3O/c1-2-5-11(12)15-10(16-17-11)18-7-3-4-9(14)8(13)6-7/h3-4,6H,2,5H2,1H3. The second-order valence-corrected chi connectivity index (χ2v) is 5.42. The number of aliphatic imine (C=N–C) groups is 1. The van der Waals surface area contributed by atoms with Gasteiger partial charge in [0.2, 0.25) is 4.57 Å². The summed E-state index contributed by atoms with van der Waals surface area (Å²) in [4.78, 5) is 4.20. The van der Waals surface area contributed by atoms with Gasteiger partial charge < -0.3 is 4.74 Å². The molecule has 0 bridgehead atoms. The van der Waals surface area contributed by atoms with Crippen molar-refractivity contribution >= 4 is 33.6 Å². The Bertz CT molecular complexity index is 523. The van der Waals surface area contributed by atoms with E-state index in [9.17, 15) is 4.39 Å². The van der Waals surface area contributed by atoms with Crippen molar-refractivity contribution in [1.82, 2.24) is 0 Å². The van der Waals surface area contributed by atoms with Crippen molar-refractivity contribution in [1.29, 1.82) is 0 Å². The first-order chi connectivity index (χ1) is 8.52. The van der Waals surface area contributed by atoms with Gasteiger partial charge in [-0.3, -0.25) is 0 Å². The summed E-state index contributed by atoms with van der Waals surface area (Å²) < 4.78 is 17.6. The number of amidine groups is 1. The number of nitrogens with zero attached hydrogens (tertiary/aromatic N) is 3. The number of halogens is 3. The van der Waals surface area contributed by atoms with E-state index in [4.69, 9.17) is 16.3 Å². The van der Waals surface area contributed by atoms with Crippen molar-refractivity contribution in [3.63, 3.8) is 0 Å². The largest absolute Gasteiger partial charge is 0.423 e. The Morgan fingerprint density at radius 1 is 1.50 bits per heavy atom. The van der Waals surface area contributed by atoms with Crippen LogP contribution in [0.5, 0.6) is 5.75 Å². The van der Waals surface area contributed by atoms with Gasteiger partial charge in [0.1, 0.15) is 11.6 Å². The lowest BCUT2D eigenvalue weighted by Gasteiger charge is -2.10.